The number of anilines is 1. The van der Waals surface area contributed by atoms with Crippen molar-refractivity contribution in [3.63, 3.8) is 0 Å². The first-order valence-electron chi connectivity index (χ1n) is 5.53. The van der Waals surface area contributed by atoms with Crippen molar-refractivity contribution >= 4 is 27.5 Å². The van der Waals surface area contributed by atoms with Gasteiger partial charge in [0.15, 0.2) is 0 Å². The van der Waals surface area contributed by atoms with Gasteiger partial charge in [0, 0.05) is 12.7 Å². The zero-order chi connectivity index (χ0) is 13.0. The summed E-state index contributed by atoms with van der Waals surface area (Å²) in [7, 11) is 3.40. The third-order valence-electron chi connectivity index (χ3n) is 2.61. The Morgan fingerprint density at radius 2 is 1.82 bits per heavy atom. The first-order valence-corrected chi connectivity index (χ1v) is 6.44. The molecule has 0 radical (unpaired) electrons. The minimum Gasteiger partial charge on any atom is -0.497 e. The summed E-state index contributed by atoms with van der Waals surface area (Å²) in [6.07, 6.45) is 0. The lowest BCUT2D eigenvalue weighted by Gasteiger charge is -2.22. The van der Waals surface area contributed by atoms with Crippen molar-refractivity contribution in [2.45, 2.75) is 18.7 Å². The van der Waals surface area contributed by atoms with Gasteiger partial charge in [0.25, 0.3) is 0 Å². The van der Waals surface area contributed by atoms with Crippen LogP contribution in [-0.4, -0.2) is 24.9 Å². The first-order chi connectivity index (χ1) is 7.97. The van der Waals surface area contributed by atoms with E-state index in [9.17, 15) is 4.79 Å². The number of methoxy groups -OCH3 is 1. The van der Waals surface area contributed by atoms with E-state index in [0.29, 0.717) is 0 Å². The Kier molecular flexibility index (Phi) is 5.00. The maximum absolute atomic E-state index is 12.1. The second-order valence-corrected chi connectivity index (χ2v) is 5.23. The zero-order valence-corrected chi connectivity index (χ0v) is 12.2. The van der Waals surface area contributed by atoms with Crippen LogP contribution in [0.2, 0.25) is 0 Å². The Labute approximate surface area is 111 Å². The van der Waals surface area contributed by atoms with Crippen molar-refractivity contribution in [3.05, 3.63) is 24.3 Å². The van der Waals surface area contributed by atoms with Crippen LogP contribution in [0.1, 0.15) is 13.8 Å². The smallest absolute Gasteiger partial charge is 0.240 e. The van der Waals surface area contributed by atoms with Gasteiger partial charge in [-0.15, -0.1) is 0 Å². The molecular formula is C13H18BrNO2. The van der Waals surface area contributed by atoms with Gasteiger partial charge in [-0.1, -0.05) is 29.8 Å². The Morgan fingerprint density at radius 1 is 1.29 bits per heavy atom. The zero-order valence-electron chi connectivity index (χ0n) is 10.6. The van der Waals surface area contributed by atoms with E-state index >= 15 is 0 Å². The molecule has 1 aromatic carbocycles. The van der Waals surface area contributed by atoms with Crippen molar-refractivity contribution in [1.82, 2.24) is 0 Å². The summed E-state index contributed by atoms with van der Waals surface area (Å²) < 4.78 is 5.08. The van der Waals surface area contributed by atoms with Crippen molar-refractivity contribution in [3.8, 4) is 5.75 Å². The highest BCUT2D eigenvalue weighted by molar-refractivity contribution is 9.10. The monoisotopic (exact) mass is 299 g/mol. The van der Waals surface area contributed by atoms with Crippen LogP contribution < -0.4 is 9.64 Å². The predicted octanol–water partition coefficient (Wildman–Crippen LogP) is 3.08. The van der Waals surface area contributed by atoms with E-state index in [1.54, 1.807) is 19.1 Å². The van der Waals surface area contributed by atoms with Crippen LogP contribution in [0.25, 0.3) is 0 Å². The summed E-state index contributed by atoms with van der Waals surface area (Å²) in [6, 6.07) is 7.43. The Bertz CT molecular complexity index is 376. The minimum atomic E-state index is -0.158. The van der Waals surface area contributed by atoms with Crippen LogP contribution in [0.3, 0.4) is 0 Å². The summed E-state index contributed by atoms with van der Waals surface area (Å²) in [5.74, 6) is 1.11. The van der Waals surface area contributed by atoms with Crippen LogP contribution in [0, 0.1) is 5.92 Å². The number of nitrogens with zero attached hydrogens (tertiary/aromatic N) is 1. The molecule has 17 heavy (non-hydrogen) atoms. The van der Waals surface area contributed by atoms with Crippen molar-refractivity contribution in [2.75, 3.05) is 19.1 Å². The molecule has 94 valence electrons. The molecule has 0 saturated heterocycles. The number of amides is 1. The molecule has 1 rings (SSSR count). The molecule has 0 aliphatic rings. The van der Waals surface area contributed by atoms with E-state index in [-0.39, 0.29) is 16.7 Å². The Morgan fingerprint density at radius 3 is 2.24 bits per heavy atom. The molecule has 0 saturated carbocycles. The quantitative estimate of drug-likeness (QED) is 0.800. The van der Waals surface area contributed by atoms with Crippen LogP contribution in [-0.2, 0) is 4.79 Å². The van der Waals surface area contributed by atoms with Crippen LogP contribution in [0.5, 0.6) is 5.75 Å². The number of alkyl halides is 1. The van der Waals surface area contributed by atoms with Gasteiger partial charge in [-0.3, -0.25) is 4.79 Å². The van der Waals surface area contributed by atoms with Gasteiger partial charge in [0.05, 0.1) is 11.9 Å². The highest BCUT2D eigenvalue weighted by Crippen LogP contribution is 2.22. The lowest BCUT2D eigenvalue weighted by atomic mass is 10.1. The predicted molar refractivity (Wildman–Crippen MR) is 74.0 cm³/mol. The molecule has 0 heterocycles. The van der Waals surface area contributed by atoms with E-state index in [1.807, 2.05) is 38.1 Å². The van der Waals surface area contributed by atoms with Gasteiger partial charge in [-0.05, 0) is 30.2 Å². The molecule has 1 unspecified atom stereocenters. The molecular weight excluding hydrogens is 282 g/mol. The van der Waals surface area contributed by atoms with Crippen LogP contribution in [0.4, 0.5) is 5.69 Å². The summed E-state index contributed by atoms with van der Waals surface area (Å²) >= 11 is 3.42. The SMILES string of the molecule is COc1ccc(N(C)C(=O)C(Br)C(C)C)cc1. The molecule has 1 atom stereocenters. The molecule has 0 bridgehead atoms. The molecule has 0 N–H and O–H groups in total. The van der Waals surface area contributed by atoms with Gasteiger partial charge < -0.3 is 9.64 Å². The number of hydrogen-bond donors (Lipinski definition) is 0. The maximum Gasteiger partial charge on any atom is 0.240 e. The average molecular weight is 300 g/mol. The number of carbonyl (C=O) groups is 1. The molecule has 0 fully saturated rings. The largest absolute Gasteiger partial charge is 0.497 e. The number of rotatable bonds is 4. The standard InChI is InChI=1S/C13H18BrNO2/c1-9(2)12(14)13(16)15(3)10-5-7-11(17-4)8-6-10/h5-9,12H,1-4H3. The third-order valence-corrected chi connectivity index (χ3v) is 4.06. The number of ether oxygens (including phenoxy) is 1. The average Bonchev–Trinajstić information content (AvgIpc) is 2.36. The summed E-state index contributed by atoms with van der Waals surface area (Å²) in [6.45, 7) is 4.03. The Balaban J connectivity index is 2.81. The lowest BCUT2D eigenvalue weighted by molar-refractivity contribution is -0.118. The highest BCUT2D eigenvalue weighted by atomic mass is 79.9. The molecule has 0 aliphatic carbocycles. The van der Waals surface area contributed by atoms with E-state index in [1.165, 1.54) is 0 Å². The van der Waals surface area contributed by atoms with Gasteiger partial charge in [0.1, 0.15) is 5.75 Å². The minimum absolute atomic E-state index is 0.0603. The second kappa shape index (κ2) is 6.05. The lowest BCUT2D eigenvalue weighted by Crippen LogP contribution is -2.35. The van der Waals surface area contributed by atoms with Crippen LogP contribution >= 0.6 is 15.9 Å². The fourth-order valence-corrected chi connectivity index (χ4v) is 1.71. The molecule has 0 aromatic heterocycles. The summed E-state index contributed by atoms with van der Waals surface area (Å²) in [5.41, 5.74) is 0.862. The number of hydrogen-bond acceptors (Lipinski definition) is 2. The topological polar surface area (TPSA) is 29.5 Å². The molecule has 4 heteroatoms. The normalized spacial score (nSPS) is 12.4. The molecule has 1 aromatic rings. The molecule has 0 spiro atoms. The van der Waals surface area contributed by atoms with E-state index in [4.69, 9.17) is 4.74 Å². The third kappa shape index (κ3) is 3.46. The van der Waals surface area contributed by atoms with Crippen molar-refractivity contribution in [2.24, 2.45) is 5.92 Å². The summed E-state index contributed by atoms with van der Waals surface area (Å²) in [4.78, 5) is 13.6. The molecule has 3 nitrogen and oxygen atoms in total. The van der Waals surface area contributed by atoms with Gasteiger partial charge in [-0.2, -0.15) is 0 Å². The van der Waals surface area contributed by atoms with E-state index in [2.05, 4.69) is 15.9 Å². The molecule has 0 aliphatic heterocycles. The van der Waals surface area contributed by atoms with Crippen molar-refractivity contribution < 1.29 is 9.53 Å². The van der Waals surface area contributed by atoms with E-state index in [0.717, 1.165) is 11.4 Å². The summed E-state index contributed by atoms with van der Waals surface area (Å²) in [5, 5.41) is 0. The fraction of sp³-hybridized carbons (Fsp3) is 0.462. The van der Waals surface area contributed by atoms with Gasteiger partial charge in [0.2, 0.25) is 5.91 Å². The number of benzene rings is 1. The fourth-order valence-electron chi connectivity index (χ4n) is 1.40. The van der Waals surface area contributed by atoms with E-state index < -0.39 is 0 Å². The van der Waals surface area contributed by atoms with Crippen molar-refractivity contribution in [1.29, 1.82) is 0 Å². The number of halogens is 1. The highest BCUT2D eigenvalue weighted by Gasteiger charge is 2.22. The Hall–Kier alpha value is -1.03. The van der Waals surface area contributed by atoms with Gasteiger partial charge in [-0.25, -0.2) is 0 Å². The number of carbonyl (C=O) groups excluding carboxylic acids is 1. The molecule has 1 amide bonds. The van der Waals surface area contributed by atoms with Crippen LogP contribution in [0.15, 0.2) is 24.3 Å². The van der Waals surface area contributed by atoms with Gasteiger partial charge >= 0.3 is 0 Å². The second-order valence-electron chi connectivity index (χ2n) is 4.24. The maximum atomic E-state index is 12.1. The first kappa shape index (κ1) is 14.0.